The third-order valence-electron chi connectivity index (χ3n) is 4.10. The van der Waals surface area contributed by atoms with Crippen molar-refractivity contribution in [1.82, 2.24) is 9.62 Å². The Balaban J connectivity index is 1.93. The van der Waals surface area contributed by atoms with E-state index in [-0.39, 0.29) is 34.7 Å². The van der Waals surface area contributed by atoms with Crippen LogP contribution in [-0.4, -0.2) is 54.6 Å². The number of nitrogens with zero attached hydrogens (tertiary/aromatic N) is 1. The van der Waals surface area contributed by atoms with Gasteiger partial charge in [0.1, 0.15) is 0 Å². The van der Waals surface area contributed by atoms with Gasteiger partial charge in [0, 0.05) is 24.7 Å². The summed E-state index contributed by atoms with van der Waals surface area (Å²) < 4.78 is 25.9. The van der Waals surface area contributed by atoms with Crippen molar-refractivity contribution < 1.29 is 23.1 Å². The van der Waals surface area contributed by atoms with Gasteiger partial charge in [0.2, 0.25) is 10.0 Å². The molecule has 0 bridgehead atoms. The molecule has 8 heteroatoms. The highest BCUT2D eigenvalue weighted by atomic mass is 32.2. The maximum atomic E-state index is 12.3. The smallest absolute Gasteiger partial charge is 0.335 e. The molecule has 0 aromatic heterocycles. The van der Waals surface area contributed by atoms with E-state index >= 15 is 0 Å². The number of amides is 1. The number of carboxylic acid groups (broad SMARTS) is 1. The second kappa shape index (κ2) is 7.97. The van der Waals surface area contributed by atoms with Crippen molar-refractivity contribution in [3.05, 3.63) is 35.4 Å². The van der Waals surface area contributed by atoms with Crippen LogP contribution in [0.3, 0.4) is 0 Å². The first-order valence-corrected chi connectivity index (χ1v) is 9.92. The Morgan fingerprint density at radius 2 is 1.84 bits per heavy atom. The largest absolute Gasteiger partial charge is 0.478 e. The third kappa shape index (κ3) is 5.27. The molecule has 2 rings (SSSR count). The van der Waals surface area contributed by atoms with Gasteiger partial charge in [-0.15, -0.1) is 0 Å². The van der Waals surface area contributed by atoms with Crippen molar-refractivity contribution in [2.45, 2.75) is 32.7 Å². The van der Waals surface area contributed by atoms with Gasteiger partial charge in [-0.25, -0.2) is 17.5 Å². The maximum absolute atomic E-state index is 12.3. The molecule has 1 aromatic rings. The van der Waals surface area contributed by atoms with E-state index in [0.29, 0.717) is 25.9 Å². The normalized spacial score (nSPS) is 16.8. The number of piperidine rings is 1. The van der Waals surface area contributed by atoms with Crippen LogP contribution < -0.4 is 5.32 Å². The number of carbonyl (C=O) groups excluding carboxylic acids is 1. The zero-order chi connectivity index (χ0) is 18.6. The Hall–Kier alpha value is -1.93. The number of aromatic carboxylic acids is 1. The van der Waals surface area contributed by atoms with Crippen molar-refractivity contribution in [2.75, 3.05) is 18.8 Å². The van der Waals surface area contributed by atoms with Gasteiger partial charge in [-0.05, 0) is 37.0 Å². The minimum atomic E-state index is -3.25. The van der Waals surface area contributed by atoms with Crippen molar-refractivity contribution in [3.63, 3.8) is 0 Å². The summed E-state index contributed by atoms with van der Waals surface area (Å²) in [5.41, 5.74) is 0.344. The van der Waals surface area contributed by atoms with Gasteiger partial charge >= 0.3 is 5.97 Å². The molecular formula is C17H24N2O5S. The Kier molecular flexibility index (Phi) is 6.18. The molecule has 0 spiro atoms. The van der Waals surface area contributed by atoms with Crippen molar-refractivity contribution in [3.8, 4) is 0 Å². The van der Waals surface area contributed by atoms with Gasteiger partial charge in [0.25, 0.3) is 5.91 Å². The number of carbonyl (C=O) groups is 2. The zero-order valence-electron chi connectivity index (χ0n) is 14.4. The van der Waals surface area contributed by atoms with Crippen LogP contribution >= 0.6 is 0 Å². The van der Waals surface area contributed by atoms with E-state index in [9.17, 15) is 18.0 Å². The molecule has 1 amide bonds. The molecule has 1 saturated heterocycles. The van der Waals surface area contributed by atoms with Crippen LogP contribution in [0.2, 0.25) is 0 Å². The van der Waals surface area contributed by atoms with Crippen molar-refractivity contribution in [1.29, 1.82) is 0 Å². The topological polar surface area (TPSA) is 104 Å². The molecule has 2 N–H and O–H groups in total. The molecule has 1 aliphatic rings. The molecule has 0 aliphatic carbocycles. The minimum absolute atomic E-state index is 0.0576. The van der Waals surface area contributed by atoms with Crippen molar-refractivity contribution >= 4 is 21.9 Å². The Bertz CT molecular complexity index is 737. The molecule has 25 heavy (non-hydrogen) atoms. The van der Waals surface area contributed by atoms with E-state index in [1.807, 2.05) is 13.8 Å². The van der Waals surface area contributed by atoms with Gasteiger partial charge in [-0.1, -0.05) is 19.9 Å². The van der Waals surface area contributed by atoms with Crippen LogP contribution in [0.5, 0.6) is 0 Å². The highest BCUT2D eigenvalue weighted by Gasteiger charge is 2.29. The average molecular weight is 368 g/mol. The summed E-state index contributed by atoms with van der Waals surface area (Å²) in [5, 5.41) is 11.8. The molecule has 0 radical (unpaired) electrons. The van der Waals surface area contributed by atoms with Crippen LogP contribution in [-0.2, 0) is 10.0 Å². The molecule has 138 valence electrons. The quantitative estimate of drug-likeness (QED) is 0.793. The van der Waals surface area contributed by atoms with Crippen molar-refractivity contribution in [2.24, 2.45) is 5.92 Å². The molecule has 7 nitrogen and oxygen atoms in total. The van der Waals surface area contributed by atoms with Gasteiger partial charge in [-0.2, -0.15) is 0 Å². The van der Waals surface area contributed by atoms with Crippen LogP contribution in [0, 0.1) is 5.92 Å². The molecule has 1 aliphatic heterocycles. The van der Waals surface area contributed by atoms with E-state index in [0.717, 1.165) is 0 Å². The second-order valence-corrected chi connectivity index (χ2v) is 8.72. The number of rotatable bonds is 6. The predicted octanol–water partition coefficient (Wildman–Crippen LogP) is 1.56. The fourth-order valence-corrected chi connectivity index (χ4v) is 4.69. The Labute approximate surface area is 148 Å². The van der Waals surface area contributed by atoms with Crippen LogP contribution in [0.15, 0.2) is 24.3 Å². The summed E-state index contributed by atoms with van der Waals surface area (Å²) in [6.45, 7) is 4.51. The number of hydrogen-bond acceptors (Lipinski definition) is 4. The monoisotopic (exact) mass is 368 g/mol. The number of carboxylic acids is 1. The molecule has 0 atom stereocenters. The standard InChI is InChI=1S/C17H24N2O5S/c1-12(2)11-25(23,24)19-8-6-15(7-9-19)18-16(20)13-4-3-5-14(10-13)17(21)22/h3-5,10,12,15H,6-9,11H2,1-2H3,(H,18,20)(H,21,22). The summed E-state index contributed by atoms with van der Waals surface area (Å²) in [4.78, 5) is 23.3. The first kappa shape index (κ1) is 19.4. The van der Waals surface area contributed by atoms with Gasteiger partial charge in [-0.3, -0.25) is 4.79 Å². The molecule has 1 aromatic carbocycles. The van der Waals surface area contributed by atoms with Crippen LogP contribution in [0.25, 0.3) is 0 Å². The highest BCUT2D eigenvalue weighted by molar-refractivity contribution is 7.89. The second-order valence-electron chi connectivity index (χ2n) is 6.71. The lowest BCUT2D eigenvalue weighted by Gasteiger charge is -2.32. The lowest BCUT2D eigenvalue weighted by atomic mass is 10.1. The summed E-state index contributed by atoms with van der Waals surface area (Å²) in [6.07, 6.45) is 1.09. The van der Waals surface area contributed by atoms with E-state index in [4.69, 9.17) is 5.11 Å². The number of sulfonamides is 1. The number of nitrogens with one attached hydrogen (secondary N) is 1. The zero-order valence-corrected chi connectivity index (χ0v) is 15.3. The van der Waals surface area contributed by atoms with Gasteiger partial charge in [0.05, 0.1) is 11.3 Å². The third-order valence-corrected chi connectivity index (χ3v) is 6.34. The predicted molar refractivity (Wildman–Crippen MR) is 94.1 cm³/mol. The fourth-order valence-electron chi connectivity index (χ4n) is 2.87. The number of benzene rings is 1. The van der Waals surface area contributed by atoms with E-state index in [1.165, 1.54) is 22.5 Å². The molecule has 1 heterocycles. The highest BCUT2D eigenvalue weighted by Crippen LogP contribution is 2.17. The maximum Gasteiger partial charge on any atom is 0.335 e. The summed E-state index contributed by atoms with van der Waals surface area (Å²) in [6, 6.07) is 5.73. The summed E-state index contributed by atoms with van der Waals surface area (Å²) in [7, 11) is -3.25. The van der Waals surface area contributed by atoms with E-state index < -0.39 is 16.0 Å². The van der Waals surface area contributed by atoms with Crippen LogP contribution in [0.1, 0.15) is 47.4 Å². The Morgan fingerprint density at radius 1 is 1.24 bits per heavy atom. The minimum Gasteiger partial charge on any atom is -0.478 e. The fraction of sp³-hybridized carbons (Fsp3) is 0.529. The van der Waals surface area contributed by atoms with E-state index in [1.54, 1.807) is 6.07 Å². The van der Waals surface area contributed by atoms with E-state index in [2.05, 4.69) is 5.32 Å². The molecule has 0 unspecified atom stereocenters. The molecular weight excluding hydrogens is 344 g/mol. The summed E-state index contributed by atoms with van der Waals surface area (Å²) >= 11 is 0. The first-order chi connectivity index (χ1) is 11.7. The van der Waals surface area contributed by atoms with Gasteiger partial charge in [0.15, 0.2) is 0 Å². The number of hydrogen-bond donors (Lipinski definition) is 2. The lowest BCUT2D eigenvalue weighted by Crippen LogP contribution is -2.47. The lowest BCUT2D eigenvalue weighted by molar-refractivity contribution is 0.0697. The average Bonchev–Trinajstić information content (AvgIpc) is 2.54. The SMILES string of the molecule is CC(C)CS(=O)(=O)N1CCC(NC(=O)c2cccc(C(=O)O)c2)CC1. The van der Waals surface area contributed by atoms with Crippen LogP contribution in [0.4, 0.5) is 0 Å². The first-order valence-electron chi connectivity index (χ1n) is 8.31. The molecule has 0 saturated carbocycles. The molecule has 1 fully saturated rings. The van der Waals surface area contributed by atoms with Gasteiger partial charge < -0.3 is 10.4 Å². The Morgan fingerprint density at radius 3 is 2.40 bits per heavy atom. The summed E-state index contributed by atoms with van der Waals surface area (Å²) in [5.74, 6) is -1.22.